The maximum atomic E-state index is 12.8. The van der Waals surface area contributed by atoms with Gasteiger partial charge in [0.2, 0.25) is 10.0 Å². The van der Waals surface area contributed by atoms with Crippen molar-refractivity contribution in [3.05, 3.63) is 18.2 Å². The summed E-state index contributed by atoms with van der Waals surface area (Å²) in [7, 11) is 0.833. The van der Waals surface area contributed by atoms with Crippen molar-refractivity contribution in [1.82, 2.24) is 4.31 Å². The molecule has 0 aliphatic heterocycles. The van der Waals surface area contributed by atoms with Gasteiger partial charge in [-0.05, 0) is 30.9 Å². The molecule has 0 aromatic heterocycles. The van der Waals surface area contributed by atoms with Crippen LogP contribution >= 0.6 is 0 Å². The van der Waals surface area contributed by atoms with Gasteiger partial charge in [0.15, 0.2) is 0 Å². The molecule has 0 saturated heterocycles. The lowest BCUT2D eigenvalue weighted by Crippen LogP contribution is -2.43. The van der Waals surface area contributed by atoms with Crippen molar-refractivity contribution in [2.45, 2.75) is 23.8 Å². The van der Waals surface area contributed by atoms with Crippen LogP contribution in [0.4, 0.5) is 0 Å². The molecule has 1 aliphatic rings. The van der Waals surface area contributed by atoms with Crippen molar-refractivity contribution in [3.8, 4) is 11.5 Å². The van der Waals surface area contributed by atoms with Gasteiger partial charge >= 0.3 is 0 Å². The first-order valence-electron chi connectivity index (χ1n) is 6.85. The summed E-state index contributed by atoms with van der Waals surface area (Å²) in [4.78, 5) is 0.103. The van der Waals surface area contributed by atoms with Gasteiger partial charge in [-0.3, -0.25) is 0 Å². The van der Waals surface area contributed by atoms with Gasteiger partial charge in [0.1, 0.15) is 16.4 Å². The Morgan fingerprint density at radius 3 is 2.48 bits per heavy atom. The number of benzene rings is 1. The van der Waals surface area contributed by atoms with E-state index in [1.807, 2.05) is 0 Å². The van der Waals surface area contributed by atoms with Crippen LogP contribution in [0.3, 0.4) is 0 Å². The van der Waals surface area contributed by atoms with Crippen molar-refractivity contribution < 1.29 is 17.9 Å². The quantitative estimate of drug-likeness (QED) is 0.814. The molecule has 0 radical (unpaired) electrons. The normalized spacial score (nSPS) is 16.8. The van der Waals surface area contributed by atoms with E-state index in [1.54, 1.807) is 19.2 Å². The first kappa shape index (κ1) is 16.1. The summed E-state index contributed by atoms with van der Waals surface area (Å²) in [6.07, 6.45) is 2.05. The highest BCUT2D eigenvalue weighted by atomic mass is 32.2. The van der Waals surface area contributed by atoms with Crippen molar-refractivity contribution in [1.29, 1.82) is 0 Å². The summed E-state index contributed by atoms with van der Waals surface area (Å²) in [6, 6.07) is 4.56. The molecule has 6 nitrogen and oxygen atoms in total. The average molecular weight is 314 g/mol. The molecule has 1 atom stereocenters. The van der Waals surface area contributed by atoms with Crippen molar-refractivity contribution in [3.63, 3.8) is 0 Å². The van der Waals surface area contributed by atoms with Crippen molar-refractivity contribution in [2.24, 2.45) is 11.7 Å². The number of nitrogens with zero attached hydrogens (tertiary/aromatic N) is 1. The molecule has 0 amide bonds. The van der Waals surface area contributed by atoms with Crippen molar-refractivity contribution >= 4 is 10.0 Å². The van der Waals surface area contributed by atoms with Crippen molar-refractivity contribution in [2.75, 3.05) is 27.8 Å². The minimum absolute atomic E-state index is 0.103. The molecule has 0 bridgehead atoms. The number of sulfonamides is 1. The standard InChI is InChI=1S/C14H22N2O4S/c1-16(12(9-15)10-4-5-10)21(17,18)14-8-11(19-2)6-7-13(14)20-3/h6-8,10,12H,4-5,9,15H2,1-3H3. The highest BCUT2D eigenvalue weighted by molar-refractivity contribution is 7.89. The second kappa shape index (κ2) is 6.21. The minimum Gasteiger partial charge on any atom is -0.497 e. The summed E-state index contributed by atoms with van der Waals surface area (Å²) in [5.74, 6) is 1.12. The minimum atomic E-state index is -3.68. The second-order valence-electron chi connectivity index (χ2n) is 5.18. The van der Waals surface area contributed by atoms with Gasteiger partial charge in [-0.15, -0.1) is 0 Å². The van der Waals surface area contributed by atoms with Gasteiger partial charge in [0.05, 0.1) is 14.2 Å². The van der Waals surface area contributed by atoms with Gasteiger partial charge < -0.3 is 15.2 Å². The summed E-state index contributed by atoms with van der Waals surface area (Å²) in [5, 5.41) is 0. The third-order valence-electron chi connectivity index (χ3n) is 3.90. The predicted molar refractivity (Wildman–Crippen MR) is 80.1 cm³/mol. The Hall–Kier alpha value is -1.31. The smallest absolute Gasteiger partial charge is 0.246 e. The van der Waals surface area contributed by atoms with E-state index in [9.17, 15) is 8.42 Å². The molecule has 0 spiro atoms. The van der Waals surface area contributed by atoms with E-state index in [1.165, 1.54) is 24.6 Å². The molecule has 1 aliphatic carbocycles. The Balaban J connectivity index is 2.42. The highest BCUT2D eigenvalue weighted by Crippen LogP contribution is 2.38. The maximum Gasteiger partial charge on any atom is 0.246 e. The number of methoxy groups -OCH3 is 2. The lowest BCUT2D eigenvalue weighted by Gasteiger charge is -2.27. The molecule has 0 heterocycles. The van der Waals surface area contributed by atoms with E-state index in [4.69, 9.17) is 15.2 Å². The zero-order valence-corrected chi connectivity index (χ0v) is 13.4. The molecule has 118 valence electrons. The summed E-state index contributed by atoms with van der Waals surface area (Å²) in [5.41, 5.74) is 5.75. The molecule has 2 N–H and O–H groups in total. The molecule has 2 rings (SSSR count). The molecular weight excluding hydrogens is 292 g/mol. The van der Waals surface area contributed by atoms with Gasteiger partial charge in [-0.1, -0.05) is 0 Å². The highest BCUT2D eigenvalue weighted by Gasteiger charge is 2.39. The third-order valence-corrected chi connectivity index (χ3v) is 5.81. The fourth-order valence-corrected chi connectivity index (χ4v) is 4.03. The average Bonchev–Trinajstić information content (AvgIpc) is 3.31. The Morgan fingerprint density at radius 1 is 1.33 bits per heavy atom. The predicted octanol–water partition coefficient (Wildman–Crippen LogP) is 1.06. The molecule has 1 saturated carbocycles. The van der Waals surface area contributed by atoms with Crippen LogP contribution in [0.2, 0.25) is 0 Å². The monoisotopic (exact) mass is 314 g/mol. The van der Waals surface area contributed by atoms with Crippen LogP contribution in [-0.4, -0.2) is 46.6 Å². The zero-order chi connectivity index (χ0) is 15.6. The number of nitrogens with two attached hydrogens (primary N) is 1. The first-order valence-corrected chi connectivity index (χ1v) is 8.29. The topological polar surface area (TPSA) is 81.9 Å². The Labute approximate surface area is 125 Å². The van der Waals surface area contributed by atoms with Crippen LogP contribution in [-0.2, 0) is 10.0 Å². The zero-order valence-electron chi connectivity index (χ0n) is 12.6. The fourth-order valence-electron chi connectivity index (χ4n) is 2.44. The van der Waals surface area contributed by atoms with Crippen LogP contribution in [0.5, 0.6) is 11.5 Å². The Morgan fingerprint density at radius 2 is 2.00 bits per heavy atom. The molecule has 21 heavy (non-hydrogen) atoms. The molecule has 1 fully saturated rings. The summed E-state index contributed by atoms with van der Waals surface area (Å²) < 4.78 is 37.3. The van der Waals surface area contributed by atoms with E-state index in [-0.39, 0.29) is 10.9 Å². The van der Waals surface area contributed by atoms with Gasteiger partial charge in [0, 0.05) is 25.7 Å². The van der Waals surface area contributed by atoms with Gasteiger partial charge in [-0.25, -0.2) is 8.42 Å². The number of hydrogen-bond donors (Lipinski definition) is 1. The van der Waals surface area contributed by atoms with Gasteiger partial charge in [0.25, 0.3) is 0 Å². The summed E-state index contributed by atoms with van der Waals surface area (Å²) >= 11 is 0. The molecule has 7 heteroatoms. The SMILES string of the molecule is COc1ccc(OC)c(S(=O)(=O)N(C)C(CN)C2CC2)c1. The number of hydrogen-bond acceptors (Lipinski definition) is 5. The lowest BCUT2D eigenvalue weighted by molar-refractivity contribution is 0.336. The van der Waals surface area contributed by atoms with Crippen LogP contribution in [0, 0.1) is 5.92 Å². The first-order chi connectivity index (χ1) is 9.95. The molecule has 1 aromatic rings. The molecule has 1 unspecified atom stereocenters. The number of likely N-dealkylation sites (N-methyl/N-ethyl adjacent to an activating group) is 1. The molecular formula is C14H22N2O4S. The second-order valence-corrected chi connectivity index (χ2v) is 7.14. The van der Waals surface area contributed by atoms with Crippen LogP contribution in [0.15, 0.2) is 23.1 Å². The van der Waals surface area contributed by atoms with E-state index < -0.39 is 10.0 Å². The third kappa shape index (κ3) is 3.14. The summed E-state index contributed by atoms with van der Waals surface area (Å²) in [6.45, 7) is 0.312. The largest absolute Gasteiger partial charge is 0.497 e. The Bertz CT molecular complexity index is 599. The van der Waals surface area contributed by atoms with Crippen LogP contribution in [0.1, 0.15) is 12.8 Å². The van der Waals surface area contributed by atoms with Gasteiger partial charge in [-0.2, -0.15) is 4.31 Å². The van der Waals surface area contributed by atoms with E-state index >= 15 is 0 Å². The fraction of sp³-hybridized carbons (Fsp3) is 0.571. The number of ether oxygens (including phenoxy) is 2. The number of rotatable bonds is 7. The Kier molecular flexibility index (Phi) is 4.75. The maximum absolute atomic E-state index is 12.8. The lowest BCUT2D eigenvalue weighted by atomic mass is 10.2. The van der Waals surface area contributed by atoms with E-state index in [2.05, 4.69) is 0 Å². The van der Waals surface area contributed by atoms with E-state index in [0.717, 1.165) is 12.8 Å². The van der Waals surface area contributed by atoms with E-state index in [0.29, 0.717) is 24.0 Å². The van der Waals surface area contributed by atoms with Crippen LogP contribution < -0.4 is 15.2 Å². The molecule has 1 aromatic carbocycles. The van der Waals surface area contributed by atoms with Crippen LogP contribution in [0.25, 0.3) is 0 Å².